The SMILES string of the molecule is CC(C)CCC[C@@H](C)C1CCC2C3CCC4=C/C(=N/OCCN5CCCCC5)CC[C@]4(C)C3CC[C@@]21C. The van der Waals surface area contributed by atoms with E-state index in [4.69, 9.17) is 4.84 Å². The number of allylic oxidation sites excluding steroid dienone is 2. The third kappa shape index (κ3) is 5.73. The Kier molecular flexibility index (Phi) is 8.79. The first kappa shape index (κ1) is 27.7. The van der Waals surface area contributed by atoms with E-state index in [1.54, 1.807) is 5.57 Å². The molecule has 1 heterocycles. The Morgan fingerprint density at radius 2 is 1.76 bits per heavy atom. The molecule has 3 saturated carbocycles. The molecule has 0 N–H and O–H groups in total. The third-order valence-corrected chi connectivity index (χ3v) is 12.3. The number of rotatable bonds is 9. The van der Waals surface area contributed by atoms with Crippen LogP contribution in [0.2, 0.25) is 0 Å². The molecule has 1 saturated heterocycles. The number of nitrogens with zero attached hydrogens (tertiary/aromatic N) is 2. The van der Waals surface area contributed by atoms with Crippen LogP contribution < -0.4 is 0 Å². The molecule has 5 rings (SSSR count). The van der Waals surface area contributed by atoms with Gasteiger partial charge in [-0.3, -0.25) is 4.90 Å². The van der Waals surface area contributed by atoms with Crippen molar-refractivity contribution in [3.8, 4) is 0 Å². The van der Waals surface area contributed by atoms with Crippen molar-refractivity contribution in [2.24, 2.45) is 51.5 Å². The van der Waals surface area contributed by atoms with Crippen molar-refractivity contribution in [2.45, 2.75) is 125 Å². The van der Waals surface area contributed by atoms with Crippen LogP contribution in [0.5, 0.6) is 0 Å². The van der Waals surface area contributed by atoms with Crippen LogP contribution in [-0.4, -0.2) is 36.9 Å². The van der Waals surface area contributed by atoms with E-state index in [1.807, 2.05) is 0 Å². The average Bonchev–Trinajstić information content (AvgIpc) is 3.24. The molecular formula is C34H58N2O. The van der Waals surface area contributed by atoms with E-state index >= 15 is 0 Å². The minimum atomic E-state index is 0.401. The molecule has 0 amide bonds. The molecule has 210 valence electrons. The minimum absolute atomic E-state index is 0.401. The second-order valence-corrected chi connectivity index (χ2v) is 14.9. The van der Waals surface area contributed by atoms with Crippen molar-refractivity contribution < 1.29 is 4.84 Å². The second-order valence-electron chi connectivity index (χ2n) is 14.9. The number of oxime groups is 1. The maximum Gasteiger partial charge on any atom is 0.129 e. The lowest BCUT2D eigenvalue weighted by molar-refractivity contribution is -0.0574. The highest BCUT2D eigenvalue weighted by Gasteiger charge is 2.59. The molecule has 1 aliphatic heterocycles. The van der Waals surface area contributed by atoms with Gasteiger partial charge in [0.1, 0.15) is 6.61 Å². The number of likely N-dealkylation sites (tertiary alicyclic amines) is 1. The molecule has 4 fully saturated rings. The van der Waals surface area contributed by atoms with E-state index in [2.05, 4.69) is 50.8 Å². The van der Waals surface area contributed by atoms with Crippen LogP contribution >= 0.6 is 0 Å². The van der Waals surface area contributed by atoms with Crippen molar-refractivity contribution in [3.63, 3.8) is 0 Å². The highest BCUT2D eigenvalue weighted by atomic mass is 16.6. The topological polar surface area (TPSA) is 24.8 Å². The zero-order valence-electron chi connectivity index (χ0n) is 25.1. The van der Waals surface area contributed by atoms with Gasteiger partial charge in [0, 0.05) is 6.54 Å². The van der Waals surface area contributed by atoms with Crippen molar-refractivity contribution in [1.29, 1.82) is 0 Å². The highest BCUT2D eigenvalue weighted by molar-refractivity contribution is 5.96. The third-order valence-electron chi connectivity index (χ3n) is 12.3. The molecule has 4 unspecified atom stereocenters. The molecule has 37 heavy (non-hydrogen) atoms. The summed E-state index contributed by atoms with van der Waals surface area (Å²) >= 11 is 0. The Balaban J connectivity index is 1.19. The monoisotopic (exact) mass is 510 g/mol. The molecule has 3 heteroatoms. The van der Waals surface area contributed by atoms with E-state index in [1.165, 1.54) is 102 Å². The van der Waals surface area contributed by atoms with Crippen LogP contribution in [-0.2, 0) is 4.84 Å². The van der Waals surface area contributed by atoms with Gasteiger partial charge < -0.3 is 4.84 Å². The number of piperidine rings is 1. The first-order valence-corrected chi connectivity index (χ1v) is 16.4. The fourth-order valence-corrected chi connectivity index (χ4v) is 10.1. The van der Waals surface area contributed by atoms with Crippen LogP contribution in [0.3, 0.4) is 0 Å². The first-order chi connectivity index (χ1) is 17.8. The molecule has 0 aromatic carbocycles. The molecular weight excluding hydrogens is 452 g/mol. The van der Waals surface area contributed by atoms with Crippen molar-refractivity contribution >= 4 is 5.71 Å². The maximum absolute atomic E-state index is 5.84. The summed E-state index contributed by atoms with van der Waals surface area (Å²) in [5.74, 6) is 5.53. The normalized spacial score (nSPS) is 40.2. The lowest BCUT2D eigenvalue weighted by Gasteiger charge is -2.58. The van der Waals surface area contributed by atoms with Gasteiger partial charge in [-0.15, -0.1) is 0 Å². The van der Waals surface area contributed by atoms with E-state index in [0.717, 1.165) is 55.1 Å². The van der Waals surface area contributed by atoms with Gasteiger partial charge in [0.15, 0.2) is 0 Å². The van der Waals surface area contributed by atoms with E-state index in [9.17, 15) is 0 Å². The standard InChI is InChI=1S/C34H58N2O/c1-25(2)10-9-11-26(3)30-14-15-31-29-13-12-27-24-28(35-37-23-22-36-20-7-6-8-21-36)16-18-33(27,4)32(29)17-19-34(30,31)5/h24-26,29-32H,6-23H2,1-5H3/b35-28+/t26-,29?,30?,31?,32?,33+,34-/m1/s1. The van der Waals surface area contributed by atoms with Gasteiger partial charge in [-0.25, -0.2) is 0 Å². The van der Waals surface area contributed by atoms with Crippen molar-refractivity contribution in [1.82, 2.24) is 4.90 Å². The Bertz CT molecular complexity index is 826. The molecule has 0 radical (unpaired) electrons. The number of fused-ring (bicyclic) bond motifs is 5. The summed E-state index contributed by atoms with van der Waals surface area (Å²) in [4.78, 5) is 8.38. The van der Waals surface area contributed by atoms with Gasteiger partial charge in [-0.2, -0.15) is 0 Å². The Morgan fingerprint density at radius 3 is 2.54 bits per heavy atom. The first-order valence-electron chi connectivity index (χ1n) is 16.4. The summed E-state index contributed by atoms with van der Waals surface area (Å²) in [5.41, 5.74) is 3.91. The fraction of sp³-hybridized carbons (Fsp3) is 0.912. The summed E-state index contributed by atoms with van der Waals surface area (Å²) in [6, 6.07) is 0. The fourth-order valence-electron chi connectivity index (χ4n) is 10.1. The van der Waals surface area contributed by atoms with E-state index in [-0.39, 0.29) is 0 Å². The van der Waals surface area contributed by atoms with Gasteiger partial charge in [0.2, 0.25) is 0 Å². The van der Waals surface area contributed by atoms with Gasteiger partial charge in [0.25, 0.3) is 0 Å². The van der Waals surface area contributed by atoms with Crippen LogP contribution in [0.4, 0.5) is 0 Å². The quantitative estimate of drug-likeness (QED) is 0.228. The molecule has 3 nitrogen and oxygen atoms in total. The summed E-state index contributed by atoms with van der Waals surface area (Å²) in [5, 5.41) is 4.64. The summed E-state index contributed by atoms with van der Waals surface area (Å²) in [6.45, 7) is 17.0. The molecule has 5 aliphatic rings. The van der Waals surface area contributed by atoms with Crippen LogP contribution in [0, 0.1) is 46.3 Å². The van der Waals surface area contributed by atoms with Crippen molar-refractivity contribution in [2.75, 3.05) is 26.2 Å². The smallest absolute Gasteiger partial charge is 0.129 e. The van der Waals surface area contributed by atoms with Crippen molar-refractivity contribution in [3.05, 3.63) is 11.6 Å². The van der Waals surface area contributed by atoms with Gasteiger partial charge in [-0.05, 0) is 130 Å². The molecule has 7 atom stereocenters. The summed E-state index contributed by atoms with van der Waals surface area (Å²) in [6.07, 6.45) is 21.9. The predicted octanol–water partition coefficient (Wildman–Crippen LogP) is 8.89. The van der Waals surface area contributed by atoms with Crippen LogP contribution in [0.1, 0.15) is 125 Å². The van der Waals surface area contributed by atoms with E-state index in [0.29, 0.717) is 10.8 Å². The molecule has 0 aromatic rings. The Hall–Kier alpha value is -0.830. The highest BCUT2D eigenvalue weighted by Crippen LogP contribution is 2.67. The van der Waals surface area contributed by atoms with Gasteiger partial charge >= 0.3 is 0 Å². The summed E-state index contributed by atoms with van der Waals surface area (Å²) in [7, 11) is 0. The van der Waals surface area contributed by atoms with Crippen LogP contribution in [0.25, 0.3) is 0 Å². The maximum atomic E-state index is 5.84. The Morgan fingerprint density at radius 1 is 0.946 bits per heavy atom. The molecule has 0 aromatic heterocycles. The summed E-state index contributed by atoms with van der Waals surface area (Å²) < 4.78 is 0. The Labute approximate surface area is 229 Å². The second kappa shape index (κ2) is 11.7. The lowest BCUT2D eigenvalue weighted by atomic mass is 9.46. The lowest BCUT2D eigenvalue weighted by Crippen LogP contribution is -2.51. The zero-order valence-corrected chi connectivity index (χ0v) is 25.1. The van der Waals surface area contributed by atoms with Crippen LogP contribution in [0.15, 0.2) is 16.8 Å². The molecule has 4 aliphatic carbocycles. The molecule has 0 bridgehead atoms. The zero-order chi connectivity index (χ0) is 26.0. The van der Waals surface area contributed by atoms with Gasteiger partial charge in [-0.1, -0.05) is 71.0 Å². The minimum Gasteiger partial charge on any atom is -0.394 e. The number of hydrogen-bond acceptors (Lipinski definition) is 3. The number of hydrogen-bond donors (Lipinski definition) is 0. The average molecular weight is 511 g/mol. The van der Waals surface area contributed by atoms with Gasteiger partial charge in [0.05, 0.1) is 5.71 Å². The molecule has 0 spiro atoms. The van der Waals surface area contributed by atoms with E-state index < -0.39 is 0 Å². The largest absolute Gasteiger partial charge is 0.394 e. The predicted molar refractivity (Wildman–Crippen MR) is 157 cm³/mol.